The van der Waals surface area contributed by atoms with Crippen LogP contribution in [0.2, 0.25) is 5.02 Å². The highest BCUT2D eigenvalue weighted by molar-refractivity contribution is 6.32. The zero-order chi connectivity index (χ0) is 12.3. The molecule has 1 aliphatic rings. The van der Waals surface area contributed by atoms with E-state index in [1.165, 1.54) is 0 Å². The van der Waals surface area contributed by atoms with E-state index in [0.717, 1.165) is 12.0 Å². The Balaban J connectivity index is 2.05. The number of hydrogen-bond acceptors (Lipinski definition) is 4. The van der Waals surface area contributed by atoms with Gasteiger partial charge < -0.3 is 19.9 Å². The van der Waals surface area contributed by atoms with Crippen LogP contribution < -0.4 is 14.8 Å². The van der Waals surface area contributed by atoms with Gasteiger partial charge in [-0.05, 0) is 24.1 Å². The Morgan fingerprint density at radius 3 is 3.00 bits per heavy atom. The number of fused-ring (bicyclic) bond motifs is 1. The Labute approximate surface area is 105 Å². The van der Waals surface area contributed by atoms with Gasteiger partial charge in [0.2, 0.25) is 6.79 Å². The third-order valence-electron chi connectivity index (χ3n) is 2.80. The Morgan fingerprint density at radius 2 is 2.29 bits per heavy atom. The Hall–Kier alpha value is -0.970. The lowest BCUT2D eigenvalue weighted by atomic mass is 10.1. The zero-order valence-corrected chi connectivity index (χ0v) is 10.5. The van der Waals surface area contributed by atoms with Crippen molar-refractivity contribution in [3.8, 4) is 11.5 Å². The molecule has 0 aliphatic carbocycles. The second kappa shape index (κ2) is 5.58. The summed E-state index contributed by atoms with van der Waals surface area (Å²) < 4.78 is 10.5. The highest BCUT2D eigenvalue weighted by atomic mass is 35.5. The summed E-state index contributed by atoms with van der Waals surface area (Å²) in [6.45, 7) is 3.03. The number of nitrogens with one attached hydrogen (secondary N) is 1. The topological polar surface area (TPSA) is 50.7 Å². The quantitative estimate of drug-likeness (QED) is 0.846. The van der Waals surface area contributed by atoms with Crippen LogP contribution in [0.15, 0.2) is 12.1 Å². The number of hydrogen-bond donors (Lipinski definition) is 2. The van der Waals surface area contributed by atoms with Crippen molar-refractivity contribution >= 4 is 11.6 Å². The first-order chi connectivity index (χ1) is 8.24. The molecule has 0 bridgehead atoms. The summed E-state index contributed by atoms with van der Waals surface area (Å²) in [5.41, 5.74) is 1.02. The van der Waals surface area contributed by atoms with Gasteiger partial charge in [0.05, 0.1) is 11.6 Å². The van der Waals surface area contributed by atoms with Crippen molar-refractivity contribution < 1.29 is 14.6 Å². The molecule has 1 atom stereocenters. The van der Waals surface area contributed by atoms with E-state index in [1.54, 1.807) is 0 Å². The summed E-state index contributed by atoms with van der Waals surface area (Å²) in [5, 5.41) is 12.9. The number of benzene rings is 1. The molecule has 0 unspecified atom stereocenters. The van der Waals surface area contributed by atoms with Gasteiger partial charge in [0.15, 0.2) is 11.5 Å². The molecular weight excluding hydrogens is 242 g/mol. The molecule has 94 valence electrons. The van der Waals surface area contributed by atoms with Crippen molar-refractivity contribution in [3.05, 3.63) is 22.7 Å². The fourth-order valence-corrected chi connectivity index (χ4v) is 2.01. The highest BCUT2D eigenvalue weighted by Gasteiger charge is 2.18. The summed E-state index contributed by atoms with van der Waals surface area (Å²) >= 11 is 6.08. The van der Waals surface area contributed by atoms with Gasteiger partial charge in [-0.3, -0.25) is 0 Å². The van der Waals surface area contributed by atoms with E-state index in [2.05, 4.69) is 5.32 Å². The molecule has 2 N–H and O–H groups in total. The summed E-state index contributed by atoms with van der Waals surface area (Å²) in [7, 11) is 0. The van der Waals surface area contributed by atoms with Crippen molar-refractivity contribution in [1.82, 2.24) is 5.32 Å². The fourth-order valence-electron chi connectivity index (χ4n) is 1.72. The number of aliphatic hydroxyl groups excluding tert-OH is 1. The van der Waals surface area contributed by atoms with Crippen molar-refractivity contribution in [2.45, 2.75) is 25.9 Å². The van der Waals surface area contributed by atoms with Crippen LogP contribution in [-0.2, 0) is 6.54 Å². The van der Waals surface area contributed by atoms with E-state index in [-0.39, 0.29) is 19.4 Å². The summed E-state index contributed by atoms with van der Waals surface area (Å²) in [6, 6.07) is 3.87. The van der Waals surface area contributed by atoms with Gasteiger partial charge in [0.1, 0.15) is 0 Å². The summed E-state index contributed by atoms with van der Waals surface area (Å²) in [5.74, 6) is 1.30. The lowest BCUT2D eigenvalue weighted by molar-refractivity contribution is 0.174. The maximum absolute atomic E-state index is 9.08. The summed E-state index contributed by atoms with van der Waals surface area (Å²) in [6.07, 6.45) is 0.884. The first kappa shape index (κ1) is 12.5. The lowest BCUT2D eigenvalue weighted by Gasteiger charge is -2.14. The van der Waals surface area contributed by atoms with E-state index in [1.807, 2.05) is 19.1 Å². The number of aliphatic hydroxyl groups is 1. The minimum absolute atomic E-state index is 0.110. The standard InChI is InChI=1S/C12H16ClNO3/c1-2-9(6-15)14-5-8-3-10(13)12-11(4-8)16-7-17-12/h3-4,9,14-15H,2,5-7H2,1H3/t9-/m0/s1. The maximum atomic E-state index is 9.08. The van der Waals surface area contributed by atoms with Crippen LogP contribution in [0.25, 0.3) is 0 Å². The van der Waals surface area contributed by atoms with Gasteiger partial charge in [-0.15, -0.1) is 0 Å². The number of ether oxygens (including phenoxy) is 2. The average Bonchev–Trinajstić information content (AvgIpc) is 2.79. The molecule has 0 aromatic heterocycles. The molecule has 0 amide bonds. The molecule has 2 rings (SSSR count). The Morgan fingerprint density at radius 1 is 1.47 bits per heavy atom. The van der Waals surface area contributed by atoms with E-state index >= 15 is 0 Å². The highest BCUT2D eigenvalue weighted by Crippen LogP contribution is 2.39. The van der Waals surface area contributed by atoms with Gasteiger partial charge in [0, 0.05) is 12.6 Å². The van der Waals surface area contributed by atoms with Gasteiger partial charge in [-0.1, -0.05) is 18.5 Å². The second-order valence-corrected chi connectivity index (χ2v) is 4.39. The van der Waals surface area contributed by atoms with Gasteiger partial charge in [-0.2, -0.15) is 0 Å². The van der Waals surface area contributed by atoms with Crippen LogP contribution in [0.3, 0.4) is 0 Å². The minimum Gasteiger partial charge on any atom is -0.454 e. The average molecular weight is 258 g/mol. The predicted octanol–water partition coefficient (Wildman–Crippen LogP) is 1.93. The molecule has 0 spiro atoms. The molecule has 17 heavy (non-hydrogen) atoms. The van der Waals surface area contributed by atoms with Crippen molar-refractivity contribution in [2.75, 3.05) is 13.4 Å². The first-order valence-electron chi connectivity index (χ1n) is 5.66. The maximum Gasteiger partial charge on any atom is 0.231 e. The Bertz CT molecular complexity index is 394. The first-order valence-corrected chi connectivity index (χ1v) is 6.04. The molecule has 0 saturated heterocycles. The molecule has 1 aliphatic heterocycles. The Kier molecular flexibility index (Phi) is 4.10. The minimum atomic E-state index is 0.110. The second-order valence-electron chi connectivity index (χ2n) is 3.98. The van der Waals surface area contributed by atoms with E-state index in [0.29, 0.717) is 23.1 Å². The predicted molar refractivity (Wildman–Crippen MR) is 65.6 cm³/mol. The normalized spacial score (nSPS) is 15.0. The zero-order valence-electron chi connectivity index (χ0n) is 9.70. The lowest BCUT2D eigenvalue weighted by Crippen LogP contribution is -2.31. The van der Waals surface area contributed by atoms with Crippen LogP contribution in [0.1, 0.15) is 18.9 Å². The molecule has 0 fully saturated rings. The molecular formula is C12H16ClNO3. The van der Waals surface area contributed by atoms with E-state index in [9.17, 15) is 0 Å². The third kappa shape index (κ3) is 2.83. The van der Waals surface area contributed by atoms with Crippen LogP contribution >= 0.6 is 11.6 Å². The van der Waals surface area contributed by atoms with Gasteiger partial charge in [-0.25, -0.2) is 0 Å². The van der Waals surface area contributed by atoms with E-state index in [4.69, 9.17) is 26.2 Å². The summed E-state index contributed by atoms with van der Waals surface area (Å²) in [4.78, 5) is 0. The van der Waals surface area contributed by atoms with Crippen LogP contribution in [0.5, 0.6) is 11.5 Å². The molecule has 0 saturated carbocycles. The molecule has 4 nitrogen and oxygen atoms in total. The SMILES string of the molecule is CC[C@@H](CO)NCc1cc(Cl)c2c(c1)OCO2. The third-order valence-corrected chi connectivity index (χ3v) is 3.08. The van der Waals surface area contributed by atoms with Crippen LogP contribution in [-0.4, -0.2) is 24.5 Å². The largest absolute Gasteiger partial charge is 0.454 e. The molecule has 5 heteroatoms. The molecule has 0 radical (unpaired) electrons. The van der Waals surface area contributed by atoms with Gasteiger partial charge >= 0.3 is 0 Å². The van der Waals surface area contributed by atoms with Crippen molar-refractivity contribution in [1.29, 1.82) is 0 Å². The molecule has 1 aromatic rings. The van der Waals surface area contributed by atoms with Crippen LogP contribution in [0.4, 0.5) is 0 Å². The van der Waals surface area contributed by atoms with E-state index < -0.39 is 0 Å². The molecule has 1 aromatic carbocycles. The monoisotopic (exact) mass is 257 g/mol. The number of halogens is 1. The van der Waals surface area contributed by atoms with Gasteiger partial charge in [0.25, 0.3) is 0 Å². The van der Waals surface area contributed by atoms with Crippen molar-refractivity contribution in [3.63, 3.8) is 0 Å². The smallest absolute Gasteiger partial charge is 0.231 e. The van der Waals surface area contributed by atoms with Crippen molar-refractivity contribution in [2.24, 2.45) is 0 Å². The number of rotatable bonds is 5. The fraction of sp³-hybridized carbons (Fsp3) is 0.500. The molecule has 1 heterocycles. The van der Waals surface area contributed by atoms with Crippen LogP contribution in [0, 0.1) is 0 Å².